The van der Waals surface area contributed by atoms with Gasteiger partial charge in [0.1, 0.15) is 0 Å². The molecule has 0 spiro atoms. The van der Waals surface area contributed by atoms with Gasteiger partial charge in [0.05, 0.1) is 0 Å². The normalized spacial score (nSPS) is 24.5. The van der Waals surface area contributed by atoms with Crippen molar-refractivity contribution in [1.29, 1.82) is 0 Å². The van der Waals surface area contributed by atoms with Crippen LogP contribution in [0.15, 0.2) is 24.3 Å². The molecule has 1 aromatic rings. The van der Waals surface area contributed by atoms with E-state index in [4.69, 9.17) is 0 Å². The van der Waals surface area contributed by atoms with Gasteiger partial charge in [-0.1, -0.05) is 18.2 Å². The first-order chi connectivity index (χ1) is 7.43. The minimum absolute atomic E-state index is 0.932. The molecule has 15 heavy (non-hydrogen) atoms. The predicted octanol–water partition coefficient (Wildman–Crippen LogP) is 2.80. The highest BCUT2D eigenvalue weighted by atomic mass is 32.2. The zero-order chi connectivity index (χ0) is 10.1. The van der Waals surface area contributed by atoms with Crippen molar-refractivity contribution >= 4 is 17.4 Å². The highest BCUT2D eigenvalue weighted by molar-refractivity contribution is 7.99. The Morgan fingerprint density at radius 1 is 1.33 bits per heavy atom. The number of hydrogen-bond acceptors (Lipinski definition) is 2. The molecule has 3 rings (SSSR count). The van der Waals surface area contributed by atoms with Gasteiger partial charge in [-0.25, -0.2) is 0 Å². The number of para-hydroxylation sites is 1. The van der Waals surface area contributed by atoms with E-state index in [1.165, 1.54) is 43.1 Å². The van der Waals surface area contributed by atoms with Crippen molar-refractivity contribution in [2.75, 3.05) is 29.5 Å². The number of hydrogen-bond donors (Lipinski definition) is 0. The molecular formula is C13H17NS. The van der Waals surface area contributed by atoms with Crippen LogP contribution in [-0.2, 0) is 6.42 Å². The quantitative estimate of drug-likeness (QED) is 0.752. The second-order valence-corrected chi connectivity index (χ2v) is 5.70. The summed E-state index contributed by atoms with van der Waals surface area (Å²) in [5, 5.41) is 0. The number of nitrogens with zero attached hydrogens (tertiary/aromatic N) is 1. The van der Waals surface area contributed by atoms with E-state index in [-0.39, 0.29) is 0 Å². The van der Waals surface area contributed by atoms with Crippen LogP contribution in [0.5, 0.6) is 0 Å². The van der Waals surface area contributed by atoms with E-state index in [1.54, 1.807) is 5.56 Å². The van der Waals surface area contributed by atoms with Crippen LogP contribution in [0.1, 0.15) is 12.0 Å². The van der Waals surface area contributed by atoms with E-state index in [0.29, 0.717) is 0 Å². The third-order valence-corrected chi connectivity index (χ3v) is 4.72. The molecule has 1 aromatic carbocycles. The maximum Gasteiger partial charge on any atom is 0.0399 e. The molecule has 0 bridgehead atoms. The van der Waals surface area contributed by atoms with Gasteiger partial charge in [0.25, 0.3) is 0 Å². The van der Waals surface area contributed by atoms with Crippen LogP contribution in [-0.4, -0.2) is 24.6 Å². The molecule has 1 nitrogen and oxygen atoms in total. The molecule has 0 aliphatic carbocycles. The summed E-state index contributed by atoms with van der Waals surface area (Å²) < 4.78 is 0. The van der Waals surface area contributed by atoms with Crippen LogP contribution in [0, 0.1) is 5.92 Å². The van der Waals surface area contributed by atoms with Crippen molar-refractivity contribution in [3.63, 3.8) is 0 Å². The fourth-order valence-corrected chi connectivity index (χ4v) is 3.91. The van der Waals surface area contributed by atoms with Crippen LogP contribution in [0.25, 0.3) is 0 Å². The number of rotatable bonds is 2. The minimum Gasteiger partial charge on any atom is -0.371 e. The molecule has 0 saturated carbocycles. The molecule has 2 aliphatic rings. The van der Waals surface area contributed by atoms with E-state index in [9.17, 15) is 0 Å². The van der Waals surface area contributed by atoms with E-state index in [2.05, 4.69) is 40.9 Å². The molecule has 0 N–H and O–H groups in total. The summed E-state index contributed by atoms with van der Waals surface area (Å²) in [5.74, 6) is 3.68. The molecule has 2 aliphatic heterocycles. The first-order valence-corrected chi connectivity index (χ1v) is 6.99. The molecule has 0 amide bonds. The second kappa shape index (κ2) is 4.09. The van der Waals surface area contributed by atoms with Gasteiger partial charge in [-0.15, -0.1) is 0 Å². The van der Waals surface area contributed by atoms with Gasteiger partial charge in [0.2, 0.25) is 0 Å². The average molecular weight is 219 g/mol. The summed E-state index contributed by atoms with van der Waals surface area (Å²) in [4.78, 5) is 2.59. The third-order valence-electron chi connectivity index (χ3n) is 3.49. The van der Waals surface area contributed by atoms with E-state index in [0.717, 1.165) is 5.92 Å². The smallest absolute Gasteiger partial charge is 0.0399 e. The lowest BCUT2D eigenvalue weighted by Gasteiger charge is -2.22. The largest absolute Gasteiger partial charge is 0.371 e. The summed E-state index contributed by atoms with van der Waals surface area (Å²) in [6.45, 7) is 2.52. The van der Waals surface area contributed by atoms with Gasteiger partial charge in [-0.05, 0) is 41.9 Å². The molecular weight excluding hydrogens is 202 g/mol. The molecule has 2 heteroatoms. The van der Waals surface area contributed by atoms with Gasteiger partial charge in [0.15, 0.2) is 0 Å². The Kier molecular flexibility index (Phi) is 2.61. The summed E-state index contributed by atoms with van der Waals surface area (Å²) in [7, 11) is 0. The lowest BCUT2D eigenvalue weighted by atomic mass is 10.1. The fraction of sp³-hybridized carbons (Fsp3) is 0.538. The molecule has 0 radical (unpaired) electrons. The second-order valence-electron chi connectivity index (χ2n) is 4.55. The van der Waals surface area contributed by atoms with Crippen molar-refractivity contribution in [3.8, 4) is 0 Å². The summed E-state index contributed by atoms with van der Waals surface area (Å²) in [6.07, 6.45) is 2.67. The van der Waals surface area contributed by atoms with Crippen LogP contribution >= 0.6 is 11.8 Å². The number of anilines is 1. The lowest BCUT2D eigenvalue weighted by Crippen LogP contribution is -2.27. The van der Waals surface area contributed by atoms with Crippen LogP contribution in [0.2, 0.25) is 0 Å². The van der Waals surface area contributed by atoms with Crippen LogP contribution < -0.4 is 4.90 Å². The molecule has 0 unspecified atom stereocenters. The van der Waals surface area contributed by atoms with Crippen molar-refractivity contribution < 1.29 is 0 Å². The maximum atomic E-state index is 2.59. The van der Waals surface area contributed by atoms with Crippen LogP contribution in [0.4, 0.5) is 5.69 Å². The Labute approximate surface area is 95.9 Å². The van der Waals surface area contributed by atoms with Crippen molar-refractivity contribution in [3.05, 3.63) is 29.8 Å². The van der Waals surface area contributed by atoms with Gasteiger partial charge in [0, 0.05) is 18.8 Å². The first kappa shape index (κ1) is 9.59. The zero-order valence-electron chi connectivity index (χ0n) is 8.98. The zero-order valence-corrected chi connectivity index (χ0v) is 9.80. The van der Waals surface area contributed by atoms with Crippen molar-refractivity contribution in [1.82, 2.24) is 0 Å². The Balaban J connectivity index is 1.73. The Morgan fingerprint density at radius 3 is 3.13 bits per heavy atom. The highest BCUT2D eigenvalue weighted by Gasteiger charge is 2.23. The van der Waals surface area contributed by atoms with Gasteiger partial charge >= 0.3 is 0 Å². The topological polar surface area (TPSA) is 3.24 Å². The highest BCUT2D eigenvalue weighted by Crippen LogP contribution is 2.31. The summed E-state index contributed by atoms with van der Waals surface area (Å²) >= 11 is 2.12. The molecule has 1 atom stereocenters. The minimum atomic E-state index is 0.932. The van der Waals surface area contributed by atoms with Gasteiger partial charge < -0.3 is 4.90 Å². The Hall–Kier alpha value is -0.630. The summed E-state index contributed by atoms with van der Waals surface area (Å²) in [5.41, 5.74) is 3.04. The van der Waals surface area contributed by atoms with E-state index < -0.39 is 0 Å². The standard InChI is InChI=1S/C13H17NS/c1-2-4-13-12(3-1)5-7-14(13)9-11-6-8-15-10-11/h1-4,11H,5-10H2/t11-/m0/s1. The maximum absolute atomic E-state index is 2.59. The fourth-order valence-electron chi connectivity index (χ4n) is 2.64. The number of fused-ring (bicyclic) bond motifs is 1. The van der Waals surface area contributed by atoms with Gasteiger partial charge in [-0.3, -0.25) is 0 Å². The Morgan fingerprint density at radius 2 is 2.27 bits per heavy atom. The van der Waals surface area contributed by atoms with E-state index in [1.807, 2.05) is 0 Å². The molecule has 0 aromatic heterocycles. The first-order valence-electron chi connectivity index (χ1n) is 5.84. The SMILES string of the molecule is c1ccc2c(c1)CCN2C[C@@H]1CCSC1. The molecule has 2 heterocycles. The summed E-state index contributed by atoms with van der Waals surface area (Å²) in [6, 6.07) is 8.89. The molecule has 1 saturated heterocycles. The van der Waals surface area contributed by atoms with Crippen molar-refractivity contribution in [2.45, 2.75) is 12.8 Å². The van der Waals surface area contributed by atoms with Crippen molar-refractivity contribution in [2.24, 2.45) is 5.92 Å². The van der Waals surface area contributed by atoms with Crippen LogP contribution in [0.3, 0.4) is 0 Å². The monoisotopic (exact) mass is 219 g/mol. The molecule has 1 fully saturated rings. The lowest BCUT2D eigenvalue weighted by molar-refractivity contribution is 0.581. The predicted molar refractivity (Wildman–Crippen MR) is 67.8 cm³/mol. The number of benzene rings is 1. The van der Waals surface area contributed by atoms with E-state index >= 15 is 0 Å². The average Bonchev–Trinajstić information content (AvgIpc) is 2.89. The third kappa shape index (κ3) is 1.87. The molecule has 80 valence electrons. The Bertz CT molecular complexity index is 344. The van der Waals surface area contributed by atoms with Gasteiger partial charge in [-0.2, -0.15) is 11.8 Å². The number of thioether (sulfide) groups is 1.